The standard InChI is InChI=1S/C16H19N5O2S/c1-10-3-4-11(13(5-10)23-2)12-6-18-14-21(12)19-15(24-14)20-8-16(22,7-17)9-20/h3-6,22H,7-9,17H2,1-2H3. The molecular weight excluding hydrogens is 326 g/mol. The molecule has 0 radical (unpaired) electrons. The summed E-state index contributed by atoms with van der Waals surface area (Å²) in [6, 6.07) is 6.06. The van der Waals surface area contributed by atoms with Gasteiger partial charge in [0, 0.05) is 12.1 Å². The van der Waals surface area contributed by atoms with E-state index in [0.717, 1.165) is 32.7 Å². The van der Waals surface area contributed by atoms with Crippen LogP contribution in [0.1, 0.15) is 5.56 Å². The van der Waals surface area contributed by atoms with Crippen LogP contribution in [0.4, 0.5) is 5.13 Å². The van der Waals surface area contributed by atoms with E-state index in [1.807, 2.05) is 40.7 Å². The van der Waals surface area contributed by atoms with Gasteiger partial charge in [0.25, 0.3) is 0 Å². The van der Waals surface area contributed by atoms with Crippen LogP contribution in [0.3, 0.4) is 0 Å². The van der Waals surface area contributed by atoms with Crippen LogP contribution in [0.2, 0.25) is 0 Å². The summed E-state index contributed by atoms with van der Waals surface area (Å²) >= 11 is 1.50. The molecule has 0 unspecified atom stereocenters. The van der Waals surface area contributed by atoms with Crippen molar-refractivity contribution in [1.29, 1.82) is 0 Å². The fourth-order valence-corrected chi connectivity index (χ4v) is 3.81. The minimum atomic E-state index is -0.795. The third-order valence-electron chi connectivity index (χ3n) is 4.33. The highest BCUT2D eigenvalue weighted by atomic mass is 32.1. The molecule has 0 aliphatic carbocycles. The number of benzene rings is 1. The molecule has 1 aliphatic heterocycles. The zero-order chi connectivity index (χ0) is 16.9. The molecule has 3 N–H and O–H groups in total. The summed E-state index contributed by atoms with van der Waals surface area (Å²) in [6.45, 7) is 3.30. The van der Waals surface area contributed by atoms with E-state index in [0.29, 0.717) is 13.1 Å². The fraction of sp³-hybridized carbons (Fsp3) is 0.375. The Labute approximate surface area is 143 Å². The molecule has 8 heteroatoms. The number of hydrogen-bond acceptors (Lipinski definition) is 7. The van der Waals surface area contributed by atoms with Gasteiger partial charge >= 0.3 is 0 Å². The Bertz CT molecular complexity index is 897. The Morgan fingerprint density at radius 1 is 1.42 bits per heavy atom. The highest BCUT2D eigenvalue weighted by molar-refractivity contribution is 7.20. The van der Waals surface area contributed by atoms with Crippen molar-refractivity contribution >= 4 is 21.4 Å². The van der Waals surface area contributed by atoms with Crippen LogP contribution in [0.5, 0.6) is 5.75 Å². The van der Waals surface area contributed by atoms with Crippen molar-refractivity contribution in [1.82, 2.24) is 14.6 Å². The summed E-state index contributed by atoms with van der Waals surface area (Å²) in [5.74, 6) is 0.799. The van der Waals surface area contributed by atoms with E-state index >= 15 is 0 Å². The number of nitrogens with two attached hydrogens (primary N) is 1. The molecule has 0 spiro atoms. The number of aryl methyl sites for hydroxylation is 1. The van der Waals surface area contributed by atoms with Gasteiger partial charge in [0.15, 0.2) is 0 Å². The first-order valence-electron chi connectivity index (χ1n) is 7.70. The zero-order valence-corrected chi connectivity index (χ0v) is 14.4. The summed E-state index contributed by atoms with van der Waals surface area (Å²) in [7, 11) is 1.66. The number of aliphatic hydroxyl groups is 1. The first kappa shape index (κ1) is 15.4. The Morgan fingerprint density at radius 2 is 2.21 bits per heavy atom. The predicted octanol–water partition coefficient (Wildman–Crippen LogP) is 1.28. The molecule has 3 aromatic rings. The van der Waals surface area contributed by atoms with Crippen LogP contribution in [0.15, 0.2) is 24.4 Å². The van der Waals surface area contributed by atoms with Gasteiger partial charge in [-0.2, -0.15) is 0 Å². The van der Waals surface area contributed by atoms with E-state index in [1.54, 1.807) is 7.11 Å². The maximum absolute atomic E-state index is 10.1. The van der Waals surface area contributed by atoms with Crippen LogP contribution in [0.25, 0.3) is 16.2 Å². The van der Waals surface area contributed by atoms with E-state index in [-0.39, 0.29) is 6.54 Å². The van der Waals surface area contributed by atoms with Gasteiger partial charge in [0.1, 0.15) is 11.4 Å². The molecule has 4 rings (SSSR count). The molecule has 0 atom stereocenters. The number of anilines is 1. The Balaban J connectivity index is 1.71. The first-order valence-corrected chi connectivity index (χ1v) is 8.52. The number of hydrogen-bond donors (Lipinski definition) is 2. The minimum Gasteiger partial charge on any atom is -0.496 e. The molecule has 24 heavy (non-hydrogen) atoms. The van der Waals surface area contributed by atoms with Gasteiger partial charge in [-0.15, -0.1) is 5.10 Å². The number of fused-ring (bicyclic) bond motifs is 1. The Kier molecular flexibility index (Phi) is 3.48. The van der Waals surface area contributed by atoms with Crippen LogP contribution in [0, 0.1) is 6.92 Å². The monoisotopic (exact) mass is 345 g/mol. The first-order chi connectivity index (χ1) is 11.5. The molecule has 126 valence electrons. The van der Waals surface area contributed by atoms with E-state index < -0.39 is 5.60 Å². The molecule has 1 aliphatic rings. The maximum Gasteiger partial charge on any atom is 0.214 e. The van der Waals surface area contributed by atoms with Gasteiger partial charge in [-0.1, -0.05) is 17.4 Å². The van der Waals surface area contributed by atoms with Crippen LogP contribution in [-0.4, -0.2) is 52.0 Å². The van der Waals surface area contributed by atoms with Crippen LogP contribution < -0.4 is 15.4 Å². The third-order valence-corrected chi connectivity index (χ3v) is 5.31. The van der Waals surface area contributed by atoms with Crippen molar-refractivity contribution in [2.75, 3.05) is 31.6 Å². The Morgan fingerprint density at radius 3 is 2.92 bits per heavy atom. The lowest BCUT2D eigenvalue weighted by atomic mass is 9.95. The van der Waals surface area contributed by atoms with E-state index in [4.69, 9.17) is 10.5 Å². The van der Waals surface area contributed by atoms with E-state index in [1.165, 1.54) is 11.3 Å². The number of aromatic nitrogens is 3. The molecular formula is C16H19N5O2S. The average molecular weight is 345 g/mol. The lowest BCUT2D eigenvalue weighted by Gasteiger charge is -2.45. The van der Waals surface area contributed by atoms with Gasteiger partial charge in [-0.25, -0.2) is 9.50 Å². The lowest BCUT2D eigenvalue weighted by Crippen LogP contribution is -2.65. The van der Waals surface area contributed by atoms with Crippen molar-refractivity contribution < 1.29 is 9.84 Å². The number of imidazole rings is 1. The van der Waals surface area contributed by atoms with Gasteiger partial charge in [-0.05, 0) is 24.6 Å². The molecule has 3 heterocycles. The maximum atomic E-state index is 10.1. The second kappa shape index (κ2) is 5.44. The molecule has 0 amide bonds. The van der Waals surface area contributed by atoms with Gasteiger partial charge < -0.3 is 20.5 Å². The lowest BCUT2D eigenvalue weighted by molar-refractivity contribution is 0.0208. The van der Waals surface area contributed by atoms with Crippen molar-refractivity contribution in [3.8, 4) is 17.0 Å². The molecule has 2 aromatic heterocycles. The average Bonchev–Trinajstić information content (AvgIpc) is 3.12. The largest absolute Gasteiger partial charge is 0.496 e. The number of rotatable bonds is 4. The number of methoxy groups -OCH3 is 1. The predicted molar refractivity (Wildman–Crippen MR) is 93.8 cm³/mol. The molecule has 1 saturated heterocycles. The quantitative estimate of drug-likeness (QED) is 0.741. The summed E-state index contributed by atoms with van der Waals surface area (Å²) < 4.78 is 7.33. The molecule has 1 fully saturated rings. The van der Waals surface area contributed by atoms with Crippen LogP contribution in [-0.2, 0) is 0 Å². The molecule has 0 bridgehead atoms. The third kappa shape index (κ3) is 2.34. The number of ether oxygens (including phenoxy) is 1. The SMILES string of the molecule is COc1cc(C)ccc1-c1cnc2sc(N3CC(O)(CN)C3)nn12. The second-order valence-electron chi connectivity index (χ2n) is 6.21. The van der Waals surface area contributed by atoms with Crippen molar-refractivity contribution in [2.45, 2.75) is 12.5 Å². The van der Waals surface area contributed by atoms with Gasteiger partial charge in [-0.3, -0.25) is 0 Å². The second-order valence-corrected chi connectivity index (χ2v) is 7.15. The van der Waals surface area contributed by atoms with Crippen molar-refractivity contribution in [3.05, 3.63) is 30.0 Å². The summed E-state index contributed by atoms with van der Waals surface area (Å²) in [6.07, 6.45) is 1.81. The summed E-state index contributed by atoms with van der Waals surface area (Å²) in [4.78, 5) is 7.29. The molecule has 7 nitrogen and oxygen atoms in total. The molecule has 0 saturated carbocycles. The van der Waals surface area contributed by atoms with Gasteiger partial charge in [0.2, 0.25) is 10.1 Å². The highest BCUT2D eigenvalue weighted by Crippen LogP contribution is 2.35. The smallest absolute Gasteiger partial charge is 0.214 e. The highest BCUT2D eigenvalue weighted by Gasteiger charge is 2.41. The number of β-amino-alcohol motifs (C(OH)–C–C–N with tert-alkyl or cyclic N) is 1. The van der Waals surface area contributed by atoms with E-state index in [2.05, 4.69) is 10.1 Å². The zero-order valence-electron chi connectivity index (χ0n) is 13.6. The number of nitrogens with zero attached hydrogens (tertiary/aromatic N) is 4. The van der Waals surface area contributed by atoms with Crippen molar-refractivity contribution in [2.24, 2.45) is 5.73 Å². The normalized spacial score (nSPS) is 16.4. The van der Waals surface area contributed by atoms with Crippen LogP contribution >= 0.6 is 11.3 Å². The Hall–Kier alpha value is -2.16. The fourth-order valence-electron chi connectivity index (χ4n) is 2.93. The molecule has 1 aromatic carbocycles. The summed E-state index contributed by atoms with van der Waals surface area (Å²) in [5, 5.41) is 15.6. The summed E-state index contributed by atoms with van der Waals surface area (Å²) in [5.41, 5.74) is 7.77. The minimum absolute atomic E-state index is 0.262. The topological polar surface area (TPSA) is 88.9 Å². The van der Waals surface area contributed by atoms with Crippen molar-refractivity contribution in [3.63, 3.8) is 0 Å². The van der Waals surface area contributed by atoms with E-state index in [9.17, 15) is 5.11 Å². The van der Waals surface area contributed by atoms with Gasteiger partial charge in [0.05, 0.1) is 32.1 Å².